The highest BCUT2D eigenvalue weighted by molar-refractivity contribution is 5.67. The van der Waals surface area contributed by atoms with Crippen molar-refractivity contribution in [3.8, 4) is 6.07 Å². The fourth-order valence-corrected chi connectivity index (χ4v) is 2.04. The summed E-state index contributed by atoms with van der Waals surface area (Å²) in [6.07, 6.45) is 3.83. The molecule has 0 bridgehead atoms. The number of nitrogens with zero attached hydrogens (tertiary/aromatic N) is 2. The predicted molar refractivity (Wildman–Crippen MR) is 56.3 cm³/mol. The molecule has 0 radical (unpaired) electrons. The van der Waals surface area contributed by atoms with Gasteiger partial charge in [0, 0.05) is 12.8 Å². The molecule has 1 fully saturated rings. The van der Waals surface area contributed by atoms with E-state index in [1.165, 1.54) is 0 Å². The Bertz CT molecular complexity index is 239. The molecular formula is C11H18N2O2. The number of hydrogen-bond acceptors (Lipinski definition) is 3. The SMILES string of the molecule is N#CCCCN1CCC(CC(=O)O)CC1. The summed E-state index contributed by atoms with van der Waals surface area (Å²) in [7, 11) is 0. The molecule has 1 saturated heterocycles. The van der Waals surface area contributed by atoms with Crippen molar-refractivity contribution < 1.29 is 9.90 Å². The maximum Gasteiger partial charge on any atom is 0.303 e. The molecule has 0 aliphatic carbocycles. The molecular weight excluding hydrogens is 192 g/mol. The third-order valence-electron chi connectivity index (χ3n) is 2.93. The Morgan fingerprint density at radius 1 is 1.47 bits per heavy atom. The summed E-state index contributed by atoms with van der Waals surface area (Å²) in [6.45, 7) is 2.96. The van der Waals surface area contributed by atoms with E-state index >= 15 is 0 Å². The van der Waals surface area contributed by atoms with Crippen LogP contribution in [0.2, 0.25) is 0 Å². The number of carbonyl (C=O) groups is 1. The van der Waals surface area contributed by atoms with E-state index in [0.29, 0.717) is 18.8 Å². The lowest BCUT2D eigenvalue weighted by Gasteiger charge is -2.30. The Labute approximate surface area is 90.5 Å². The average Bonchev–Trinajstić information content (AvgIpc) is 2.20. The molecule has 15 heavy (non-hydrogen) atoms. The fourth-order valence-electron chi connectivity index (χ4n) is 2.04. The van der Waals surface area contributed by atoms with Crippen LogP contribution in [0.1, 0.15) is 32.1 Å². The summed E-state index contributed by atoms with van der Waals surface area (Å²) in [5, 5.41) is 17.1. The van der Waals surface area contributed by atoms with Crippen LogP contribution in [-0.4, -0.2) is 35.6 Å². The van der Waals surface area contributed by atoms with Gasteiger partial charge in [0.15, 0.2) is 0 Å². The molecule has 1 aliphatic heterocycles. The first kappa shape index (κ1) is 12.0. The van der Waals surface area contributed by atoms with E-state index in [4.69, 9.17) is 10.4 Å². The van der Waals surface area contributed by atoms with Crippen LogP contribution in [0.4, 0.5) is 0 Å². The fraction of sp³-hybridized carbons (Fsp3) is 0.818. The number of hydrogen-bond donors (Lipinski definition) is 1. The summed E-state index contributed by atoms with van der Waals surface area (Å²) in [4.78, 5) is 12.8. The molecule has 0 aromatic carbocycles. The van der Waals surface area contributed by atoms with Gasteiger partial charge in [0.2, 0.25) is 0 Å². The van der Waals surface area contributed by atoms with Crippen LogP contribution in [-0.2, 0) is 4.79 Å². The lowest BCUT2D eigenvalue weighted by atomic mass is 9.93. The van der Waals surface area contributed by atoms with Gasteiger partial charge in [0.1, 0.15) is 0 Å². The monoisotopic (exact) mass is 210 g/mol. The third-order valence-corrected chi connectivity index (χ3v) is 2.93. The highest BCUT2D eigenvalue weighted by Gasteiger charge is 2.20. The Hall–Kier alpha value is -1.08. The normalized spacial score (nSPS) is 18.6. The summed E-state index contributed by atoms with van der Waals surface area (Å²) in [5.41, 5.74) is 0. The van der Waals surface area contributed by atoms with Crippen LogP contribution in [0.3, 0.4) is 0 Å². The van der Waals surface area contributed by atoms with Gasteiger partial charge in [-0.1, -0.05) is 0 Å². The Kier molecular flexibility index (Phi) is 5.13. The van der Waals surface area contributed by atoms with Crippen LogP contribution < -0.4 is 0 Å². The van der Waals surface area contributed by atoms with Crippen LogP contribution in [0.15, 0.2) is 0 Å². The van der Waals surface area contributed by atoms with Crippen LogP contribution in [0.25, 0.3) is 0 Å². The summed E-state index contributed by atoms with van der Waals surface area (Å²) in [5.74, 6) is -0.326. The minimum Gasteiger partial charge on any atom is -0.481 e. The number of rotatable bonds is 5. The molecule has 1 heterocycles. The Balaban J connectivity index is 2.13. The molecule has 4 heteroatoms. The van der Waals surface area contributed by atoms with Gasteiger partial charge in [0.05, 0.1) is 6.07 Å². The van der Waals surface area contributed by atoms with Gasteiger partial charge in [-0.2, -0.15) is 5.26 Å². The number of piperidine rings is 1. The number of carboxylic acid groups (broad SMARTS) is 1. The molecule has 0 unspecified atom stereocenters. The van der Waals surface area contributed by atoms with Crippen LogP contribution >= 0.6 is 0 Å². The second-order valence-electron chi connectivity index (χ2n) is 4.14. The number of unbranched alkanes of at least 4 members (excludes halogenated alkanes) is 1. The van der Waals surface area contributed by atoms with E-state index in [2.05, 4.69) is 11.0 Å². The second kappa shape index (κ2) is 6.41. The smallest absolute Gasteiger partial charge is 0.303 e. The number of likely N-dealkylation sites (tertiary alicyclic amines) is 1. The number of aliphatic carboxylic acids is 1. The van der Waals surface area contributed by atoms with Crippen molar-refractivity contribution in [3.63, 3.8) is 0 Å². The molecule has 0 amide bonds. The molecule has 0 saturated carbocycles. The molecule has 1 rings (SSSR count). The van der Waals surface area contributed by atoms with Gasteiger partial charge in [-0.25, -0.2) is 0 Å². The minimum absolute atomic E-state index is 0.312. The van der Waals surface area contributed by atoms with Gasteiger partial charge in [-0.3, -0.25) is 4.79 Å². The highest BCUT2D eigenvalue weighted by atomic mass is 16.4. The topological polar surface area (TPSA) is 64.3 Å². The Morgan fingerprint density at radius 3 is 2.67 bits per heavy atom. The van der Waals surface area contributed by atoms with Crippen molar-refractivity contribution in [3.05, 3.63) is 0 Å². The maximum absolute atomic E-state index is 10.5. The largest absolute Gasteiger partial charge is 0.481 e. The van der Waals surface area contributed by atoms with Crippen molar-refractivity contribution in [2.75, 3.05) is 19.6 Å². The predicted octanol–water partition coefficient (Wildman–Crippen LogP) is 1.48. The molecule has 4 nitrogen and oxygen atoms in total. The third kappa shape index (κ3) is 4.80. The van der Waals surface area contributed by atoms with Crippen molar-refractivity contribution in [1.29, 1.82) is 5.26 Å². The number of nitriles is 1. The van der Waals surface area contributed by atoms with Gasteiger partial charge in [-0.15, -0.1) is 0 Å². The zero-order chi connectivity index (χ0) is 11.1. The molecule has 1 aliphatic rings. The van der Waals surface area contributed by atoms with Gasteiger partial charge in [-0.05, 0) is 44.8 Å². The van der Waals surface area contributed by atoms with Crippen molar-refractivity contribution in [2.24, 2.45) is 5.92 Å². The van der Waals surface area contributed by atoms with Crippen LogP contribution in [0.5, 0.6) is 0 Å². The average molecular weight is 210 g/mol. The molecule has 0 atom stereocenters. The highest BCUT2D eigenvalue weighted by Crippen LogP contribution is 2.20. The number of carboxylic acids is 1. The molecule has 0 aromatic rings. The van der Waals surface area contributed by atoms with E-state index in [-0.39, 0.29) is 0 Å². The molecule has 0 spiro atoms. The Morgan fingerprint density at radius 2 is 2.13 bits per heavy atom. The van der Waals surface area contributed by atoms with Gasteiger partial charge < -0.3 is 10.0 Å². The first-order valence-electron chi connectivity index (χ1n) is 5.53. The lowest BCUT2D eigenvalue weighted by molar-refractivity contribution is -0.138. The van der Waals surface area contributed by atoms with E-state index < -0.39 is 5.97 Å². The van der Waals surface area contributed by atoms with E-state index in [1.54, 1.807) is 0 Å². The van der Waals surface area contributed by atoms with Gasteiger partial charge in [0.25, 0.3) is 0 Å². The van der Waals surface area contributed by atoms with Crippen molar-refractivity contribution in [1.82, 2.24) is 4.90 Å². The second-order valence-corrected chi connectivity index (χ2v) is 4.14. The van der Waals surface area contributed by atoms with E-state index in [1.807, 2.05) is 0 Å². The molecule has 0 aromatic heterocycles. The first-order valence-corrected chi connectivity index (χ1v) is 5.53. The van der Waals surface area contributed by atoms with Crippen LogP contribution in [0, 0.1) is 17.2 Å². The standard InChI is InChI=1S/C11H18N2O2/c12-5-1-2-6-13-7-3-10(4-8-13)9-11(14)15/h10H,1-4,6-9H2,(H,14,15). The van der Waals surface area contributed by atoms with E-state index in [9.17, 15) is 4.79 Å². The van der Waals surface area contributed by atoms with E-state index in [0.717, 1.165) is 38.9 Å². The summed E-state index contributed by atoms with van der Waals surface area (Å²) >= 11 is 0. The molecule has 84 valence electrons. The summed E-state index contributed by atoms with van der Waals surface area (Å²) in [6, 6.07) is 2.14. The minimum atomic E-state index is -0.682. The maximum atomic E-state index is 10.5. The quantitative estimate of drug-likeness (QED) is 0.698. The summed E-state index contributed by atoms with van der Waals surface area (Å²) < 4.78 is 0. The zero-order valence-electron chi connectivity index (χ0n) is 8.98. The lowest BCUT2D eigenvalue weighted by Crippen LogP contribution is -2.35. The molecule has 1 N–H and O–H groups in total. The van der Waals surface area contributed by atoms with Crippen molar-refractivity contribution in [2.45, 2.75) is 32.1 Å². The zero-order valence-corrected chi connectivity index (χ0v) is 8.98. The van der Waals surface area contributed by atoms with Crippen molar-refractivity contribution >= 4 is 5.97 Å². The van der Waals surface area contributed by atoms with Gasteiger partial charge >= 0.3 is 5.97 Å². The first-order chi connectivity index (χ1) is 7.22.